The highest BCUT2D eigenvalue weighted by Crippen LogP contribution is 2.35. The molecule has 0 spiro atoms. The fraction of sp³-hybridized carbons (Fsp3) is 0.318. The Morgan fingerprint density at radius 1 is 1.13 bits per heavy atom. The number of benzene rings is 1. The third-order valence-corrected chi connectivity index (χ3v) is 5.07. The molecule has 0 fully saturated rings. The summed E-state index contributed by atoms with van der Waals surface area (Å²) in [5, 5.41) is 6.46. The number of aromatic nitrogens is 3. The van der Waals surface area contributed by atoms with Crippen molar-refractivity contribution in [2.24, 2.45) is 0 Å². The molecule has 1 aromatic carbocycles. The van der Waals surface area contributed by atoms with Crippen LogP contribution in [0.3, 0.4) is 0 Å². The van der Waals surface area contributed by atoms with Crippen LogP contribution in [0.5, 0.6) is 11.6 Å². The highest BCUT2D eigenvalue weighted by atomic mass is 19.4. The molecular formula is C22H21F3N4O2. The number of nitrogens with one attached hydrogen (secondary N) is 1. The molecule has 0 aliphatic heterocycles. The Morgan fingerprint density at radius 3 is 2.74 bits per heavy atom. The highest BCUT2D eigenvalue weighted by Gasteiger charge is 2.39. The second-order valence-electron chi connectivity index (χ2n) is 7.33. The fourth-order valence-corrected chi connectivity index (χ4v) is 3.67. The number of nitrogens with zero attached hydrogens (tertiary/aromatic N) is 3. The predicted molar refractivity (Wildman–Crippen MR) is 106 cm³/mol. The van der Waals surface area contributed by atoms with Crippen LogP contribution >= 0.6 is 0 Å². The van der Waals surface area contributed by atoms with E-state index in [9.17, 15) is 18.0 Å². The number of alkyl halides is 3. The Hall–Kier alpha value is -3.36. The molecule has 2 heterocycles. The smallest absolute Gasteiger partial charge is 0.435 e. The monoisotopic (exact) mass is 430 g/mol. The molecule has 162 valence electrons. The van der Waals surface area contributed by atoms with Gasteiger partial charge in [0.05, 0.1) is 0 Å². The molecule has 1 aliphatic carbocycles. The first kappa shape index (κ1) is 20.9. The summed E-state index contributed by atoms with van der Waals surface area (Å²) in [5.41, 5.74) is 0.667. The molecule has 0 radical (unpaired) electrons. The number of amides is 1. The van der Waals surface area contributed by atoms with Crippen molar-refractivity contribution in [1.82, 2.24) is 20.1 Å². The zero-order valence-electron chi connectivity index (χ0n) is 16.7. The molecule has 9 heteroatoms. The van der Waals surface area contributed by atoms with Crippen molar-refractivity contribution in [2.75, 3.05) is 0 Å². The minimum absolute atomic E-state index is 0.216. The number of carbonyl (C=O) groups excluding carboxylic acids is 1. The summed E-state index contributed by atoms with van der Waals surface area (Å²) in [5.74, 6) is 0.620. The van der Waals surface area contributed by atoms with Crippen molar-refractivity contribution < 1.29 is 22.7 Å². The van der Waals surface area contributed by atoms with Crippen LogP contribution < -0.4 is 10.1 Å². The van der Waals surface area contributed by atoms with E-state index in [2.05, 4.69) is 15.4 Å². The average molecular weight is 430 g/mol. The van der Waals surface area contributed by atoms with Crippen molar-refractivity contribution in [1.29, 1.82) is 0 Å². The van der Waals surface area contributed by atoms with Gasteiger partial charge in [-0.2, -0.15) is 18.3 Å². The van der Waals surface area contributed by atoms with E-state index in [1.54, 1.807) is 36.5 Å². The summed E-state index contributed by atoms with van der Waals surface area (Å²) in [7, 11) is 0. The quantitative estimate of drug-likeness (QED) is 0.634. The van der Waals surface area contributed by atoms with Crippen LogP contribution in [0.25, 0.3) is 0 Å². The van der Waals surface area contributed by atoms with Gasteiger partial charge in [-0.15, -0.1) is 0 Å². The third kappa shape index (κ3) is 5.04. The number of hydrogen-bond donors (Lipinski definition) is 1. The Balaban J connectivity index is 1.40. The number of fused-ring (bicyclic) bond motifs is 1. The van der Waals surface area contributed by atoms with Gasteiger partial charge in [0, 0.05) is 30.1 Å². The number of ether oxygens (including phenoxy) is 1. The van der Waals surface area contributed by atoms with Gasteiger partial charge in [-0.25, -0.2) is 4.98 Å². The lowest BCUT2D eigenvalue weighted by Crippen LogP contribution is -2.28. The molecule has 1 N–H and O–H groups in total. The first-order valence-electron chi connectivity index (χ1n) is 10.0. The molecule has 2 aromatic heterocycles. The van der Waals surface area contributed by atoms with Crippen molar-refractivity contribution in [3.63, 3.8) is 0 Å². The molecule has 1 amide bonds. The lowest BCUT2D eigenvalue weighted by molar-refractivity contribution is -0.142. The summed E-state index contributed by atoms with van der Waals surface area (Å²) in [6.45, 7) is -0.0314. The zero-order valence-corrected chi connectivity index (χ0v) is 16.7. The molecule has 0 atom stereocenters. The van der Waals surface area contributed by atoms with Gasteiger partial charge in [0.2, 0.25) is 11.8 Å². The minimum atomic E-state index is -4.52. The van der Waals surface area contributed by atoms with E-state index in [4.69, 9.17) is 4.74 Å². The van der Waals surface area contributed by atoms with Gasteiger partial charge in [0.15, 0.2) is 5.69 Å². The van der Waals surface area contributed by atoms with Gasteiger partial charge in [-0.1, -0.05) is 18.2 Å². The number of hydrogen-bond acceptors (Lipinski definition) is 4. The molecule has 1 aliphatic rings. The molecule has 31 heavy (non-hydrogen) atoms. The minimum Gasteiger partial charge on any atom is -0.439 e. The standard InChI is InChI=1S/C22H21F3N4O2/c23-22(24,25)21-17-8-1-2-9-18(17)29(28-21)14-19(30)27-13-15-6-5-7-16(12-15)31-20-10-3-4-11-26-20/h3-7,10-12H,1-2,8-9,13-14H2,(H,27,30). The first-order valence-corrected chi connectivity index (χ1v) is 10.0. The predicted octanol–water partition coefficient (Wildman–Crippen LogP) is 4.28. The maximum atomic E-state index is 13.3. The second-order valence-corrected chi connectivity index (χ2v) is 7.33. The SMILES string of the molecule is O=C(Cn1nc(C(F)(F)F)c2c1CCCC2)NCc1cccc(Oc2ccccn2)c1. The maximum Gasteiger partial charge on any atom is 0.435 e. The normalized spacial score (nSPS) is 13.5. The number of pyridine rings is 1. The van der Waals surface area contributed by atoms with Gasteiger partial charge < -0.3 is 10.1 Å². The summed E-state index contributed by atoms with van der Waals surface area (Å²) in [4.78, 5) is 16.5. The second kappa shape index (κ2) is 8.79. The van der Waals surface area contributed by atoms with Crippen molar-refractivity contribution >= 4 is 5.91 Å². The van der Waals surface area contributed by atoms with Crippen LogP contribution in [0.1, 0.15) is 35.4 Å². The van der Waals surface area contributed by atoms with E-state index in [1.807, 2.05) is 12.1 Å². The molecular weight excluding hydrogens is 409 g/mol. The van der Waals surface area contributed by atoms with Gasteiger partial charge in [-0.3, -0.25) is 9.48 Å². The van der Waals surface area contributed by atoms with E-state index in [0.717, 1.165) is 12.0 Å². The molecule has 0 saturated carbocycles. The van der Waals surface area contributed by atoms with Gasteiger partial charge in [0.25, 0.3) is 0 Å². The largest absolute Gasteiger partial charge is 0.439 e. The number of halogens is 3. The van der Waals surface area contributed by atoms with E-state index in [0.29, 0.717) is 36.6 Å². The van der Waals surface area contributed by atoms with Crippen molar-refractivity contribution in [2.45, 2.75) is 44.9 Å². The van der Waals surface area contributed by atoms with E-state index in [-0.39, 0.29) is 18.7 Å². The molecule has 0 saturated heterocycles. The Bertz CT molecular complexity index is 1060. The maximum absolute atomic E-state index is 13.3. The summed E-state index contributed by atoms with van der Waals surface area (Å²) < 4.78 is 46.8. The van der Waals surface area contributed by atoms with Crippen LogP contribution in [0.4, 0.5) is 13.2 Å². The lowest BCUT2D eigenvalue weighted by Gasteiger charge is -2.14. The van der Waals surface area contributed by atoms with Crippen LogP contribution in [0.2, 0.25) is 0 Å². The number of carbonyl (C=O) groups is 1. The van der Waals surface area contributed by atoms with Gasteiger partial charge >= 0.3 is 6.18 Å². The molecule has 0 bridgehead atoms. The third-order valence-electron chi connectivity index (χ3n) is 5.07. The van der Waals surface area contributed by atoms with E-state index < -0.39 is 17.8 Å². The lowest BCUT2D eigenvalue weighted by atomic mass is 9.95. The first-order chi connectivity index (χ1) is 14.9. The molecule has 3 aromatic rings. The van der Waals surface area contributed by atoms with Crippen molar-refractivity contribution in [3.05, 3.63) is 71.2 Å². The summed E-state index contributed by atoms with van der Waals surface area (Å²) in [6, 6.07) is 12.5. The van der Waals surface area contributed by atoms with Crippen LogP contribution in [0, 0.1) is 0 Å². The van der Waals surface area contributed by atoms with Crippen LogP contribution in [-0.2, 0) is 36.9 Å². The Morgan fingerprint density at radius 2 is 1.97 bits per heavy atom. The average Bonchev–Trinajstić information content (AvgIpc) is 3.12. The topological polar surface area (TPSA) is 69.0 Å². The zero-order chi connectivity index (χ0) is 21.8. The molecule has 4 rings (SSSR count). The van der Waals surface area contributed by atoms with E-state index >= 15 is 0 Å². The van der Waals surface area contributed by atoms with Crippen LogP contribution in [-0.4, -0.2) is 20.7 Å². The highest BCUT2D eigenvalue weighted by molar-refractivity contribution is 5.75. The summed E-state index contributed by atoms with van der Waals surface area (Å²) in [6.07, 6.45) is -0.562. The van der Waals surface area contributed by atoms with Gasteiger partial charge in [0.1, 0.15) is 12.3 Å². The fourth-order valence-electron chi connectivity index (χ4n) is 3.67. The number of rotatable bonds is 6. The van der Waals surface area contributed by atoms with Gasteiger partial charge in [-0.05, 0) is 49.4 Å². The Kier molecular flexibility index (Phi) is 5.92. The molecule has 6 nitrogen and oxygen atoms in total. The molecule has 0 unspecified atom stereocenters. The van der Waals surface area contributed by atoms with E-state index in [1.165, 1.54) is 4.68 Å². The Labute approximate surface area is 177 Å². The van der Waals surface area contributed by atoms with Crippen molar-refractivity contribution in [3.8, 4) is 11.6 Å². The summed E-state index contributed by atoms with van der Waals surface area (Å²) >= 11 is 0. The van der Waals surface area contributed by atoms with Crippen LogP contribution in [0.15, 0.2) is 48.7 Å².